The van der Waals surface area contributed by atoms with Gasteiger partial charge in [-0.05, 0) is 60.9 Å². The van der Waals surface area contributed by atoms with E-state index in [0.717, 1.165) is 39.6 Å². The fourth-order valence-corrected chi connectivity index (χ4v) is 5.28. The van der Waals surface area contributed by atoms with Crippen molar-refractivity contribution in [1.82, 2.24) is 4.98 Å². The average molecular weight is 504 g/mol. The molecule has 1 atom stereocenters. The first-order chi connectivity index (χ1) is 17.0. The summed E-state index contributed by atoms with van der Waals surface area (Å²) in [6.07, 6.45) is 0.732. The van der Waals surface area contributed by atoms with Gasteiger partial charge in [0.15, 0.2) is 11.5 Å². The molecule has 5 rings (SSSR count). The van der Waals surface area contributed by atoms with Crippen molar-refractivity contribution in [1.29, 1.82) is 0 Å². The van der Waals surface area contributed by atoms with E-state index in [9.17, 15) is 0 Å². The van der Waals surface area contributed by atoms with Gasteiger partial charge in [0.05, 0.1) is 31.7 Å². The maximum absolute atomic E-state index is 6.13. The number of rotatable bonds is 6. The zero-order valence-corrected chi connectivity index (χ0v) is 21.7. The van der Waals surface area contributed by atoms with Crippen LogP contribution in [0.3, 0.4) is 0 Å². The molecule has 35 heavy (non-hydrogen) atoms. The van der Waals surface area contributed by atoms with Gasteiger partial charge in [0, 0.05) is 22.4 Å². The van der Waals surface area contributed by atoms with Gasteiger partial charge in [-0.2, -0.15) is 5.10 Å². The van der Waals surface area contributed by atoms with Crippen LogP contribution in [0.25, 0.3) is 11.3 Å². The fourth-order valence-electron chi connectivity index (χ4n) is 4.33. The number of methoxy groups -OCH3 is 2. The third-order valence-electron chi connectivity index (χ3n) is 6.24. The maximum Gasteiger partial charge on any atom is 0.207 e. The smallest absolute Gasteiger partial charge is 0.207 e. The van der Waals surface area contributed by atoms with Gasteiger partial charge in [0.2, 0.25) is 5.13 Å². The second-order valence-corrected chi connectivity index (χ2v) is 9.84. The molecule has 3 aromatic carbocycles. The molecule has 1 aromatic heterocycles. The molecule has 1 aliphatic heterocycles. The summed E-state index contributed by atoms with van der Waals surface area (Å²) < 4.78 is 11.0. The quantitative estimate of drug-likeness (QED) is 0.274. The minimum absolute atomic E-state index is 0.0295. The highest BCUT2D eigenvalue weighted by atomic mass is 35.5. The van der Waals surface area contributed by atoms with E-state index < -0.39 is 0 Å². The van der Waals surface area contributed by atoms with Crippen LogP contribution in [-0.2, 0) is 0 Å². The Kier molecular flexibility index (Phi) is 6.50. The van der Waals surface area contributed by atoms with Gasteiger partial charge in [-0.1, -0.05) is 47.5 Å². The lowest BCUT2D eigenvalue weighted by molar-refractivity contribution is 0.354. The Bertz CT molecular complexity index is 1400. The van der Waals surface area contributed by atoms with E-state index in [2.05, 4.69) is 43.5 Å². The minimum Gasteiger partial charge on any atom is -0.493 e. The summed E-state index contributed by atoms with van der Waals surface area (Å²) >= 11 is 7.73. The Labute approximate surface area is 214 Å². The average Bonchev–Trinajstić information content (AvgIpc) is 3.53. The maximum atomic E-state index is 6.13. The first-order valence-corrected chi connectivity index (χ1v) is 12.6. The molecule has 0 unspecified atom stereocenters. The summed E-state index contributed by atoms with van der Waals surface area (Å²) in [5, 5.41) is 10.7. The number of aromatic nitrogens is 1. The highest BCUT2D eigenvalue weighted by Crippen LogP contribution is 2.42. The van der Waals surface area contributed by atoms with Gasteiger partial charge in [-0.15, -0.1) is 11.3 Å². The molecule has 7 heteroatoms. The molecule has 0 bridgehead atoms. The molecule has 0 radical (unpaired) electrons. The number of thiazole rings is 1. The first kappa shape index (κ1) is 23.4. The Balaban J connectivity index is 1.56. The number of anilines is 1. The van der Waals surface area contributed by atoms with E-state index >= 15 is 0 Å². The van der Waals surface area contributed by atoms with Gasteiger partial charge < -0.3 is 9.47 Å². The summed E-state index contributed by atoms with van der Waals surface area (Å²) in [4.78, 5) is 5.02. The lowest BCUT2D eigenvalue weighted by Crippen LogP contribution is -2.18. The lowest BCUT2D eigenvalue weighted by atomic mass is 9.98. The Morgan fingerprint density at radius 1 is 0.943 bits per heavy atom. The monoisotopic (exact) mass is 503 g/mol. The van der Waals surface area contributed by atoms with E-state index in [4.69, 9.17) is 31.2 Å². The number of hydrogen-bond donors (Lipinski definition) is 0. The van der Waals surface area contributed by atoms with Gasteiger partial charge in [0.25, 0.3) is 0 Å². The van der Waals surface area contributed by atoms with Crippen LogP contribution in [0, 0.1) is 13.8 Å². The normalized spacial score (nSPS) is 15.3. The number of benzene rings is 3. The van der Waals surface area contributed by atoms with Crippen LogP contribution < -0.4 is 14.5 Å². The van der Waals surface area contributed by atoms with Crippen molar-refractivity contribution in [3.05, 3.63) is 93.3 Å². The molecule has 4 aromatic rings. The fraction of sp³-hybridized carbons (Fsp3) is 0.214. The molecule has 0 aliphatic carbocycles. The molecule has 0 N–H and O–H groups in total. The number of ether oxygens (including phenoxy) is 2. The van der Waals surface area contributed by atoms with Crippen LogP contribution in [0.5, 0.6) is 11.5 Å². The van der Waals surface area contributed by atoms with Crippen LogP contribution in [-0.4, -0.2) is 24.9 Å². The lowest BCUT2D eigenvalue weighted by Gasteiger charge is -2.22. The van der Waals surface area contributed by atoms with Gasteiger partial charge in [-0.25, -0.2) is 9.99 Å². The topological polar surface area (TPSA) is 47.0 Å². The molecule has 0 amide bonds. The number of halogens is 1. The van der Waals surface area contributed by atoms with Crippen LogP contribution in [0.2, 0.25) is 5.02 Å². The van der Waals surface area contributed by atoms with Crippen molar-refractivity contribution in [3.63, 3.8) is 0 Å². The van der Waals surface area contributed by atoms with Gasteiger partial charge in [0.1, 0.15) is 0 Å². The van der Waals surface area contributed by atoms with Crippen molar-refractivity contribution in [2.75, 3.05) is 19.2 Å². The zero-order valence-electron chi connectivity index (χ0n) is 20.1. The largest absolute Gasteiger partial charge is 0.493 e. The first-order valence-electron chi connectivity index (χ1n) is 11.3. The number of aryl methyl sites for hydroxylation is 2. The predicted octanol–water partition coefficient (Wildman–Crippen LogP) is 7.45. The Morgan fingerprint density at radius 2 is 1.71 bits per heavy atom. The molecule has 0 spiro atoms. The molecule has 0 fully saturated rings. The summed E-state index contributed by atoms with van der Waals surface area (Å²) in [7, 11) is 3.30. The van der Waals surface area contributed by atoms with Crippen LogP contribution in [0.4, 0.5) is 5.13 Å². The van der Waals surface area contributed by atoms with E-state index in [1.165, 1.54) is 11.1 Å². The Morgan fingerprint density at radius 3 is 2.46 bits per heavy atom. The van der Waals surface area contributed by atoms with Crippen molar-refractivity contribution < 1.29 is 9.47 Å². The second kappa shape index (κ2) is 9.72. The van der Waals surface area contributed by atoms with Crippen molar-refractivity contribution in [3.8, 4) is 22.8 Å². The summed E-state index contributed by atoms with van der Waals surface area (Å²) in [5.41, 5.74) is 7.66. The Hall–Kier alpha value is -3.35. The highest BCUT2D eigenvalue weighted by molar-refractivity contribution is 7.14. The summed E-state index contributed by atoms with van der Waals surface area (Å²) in [6.45, 7) is 4.22. The second-order valence-electron chi connectivity index (χ2n) is 8.57. The van der Waals surface area contributed by atoms with Crippen LogP contribution >= 0.6 is 22.9 Å². The third-order valence-corrected chi connectivity index (χ3v) is 7.32. The van der Waals surface area contributed by atoms with E-state index in [-0.39, 0.29) is 6.04 Å². The van der Waals surface area contributed by atoms with Gasteiger partial charge >= 0.3 is 0 Å². The molecule has 0 saturated carbocycles. The molecule has 0 saturated heterocycles. The van der Waals surface area contributed by atoms with Crippen molar-refractivity contribution in [2.45, 2.75) is 26.3 Å². The third kappa shape index (κ3) is 4.64. The predicted molar refractivity (Wildman–Crippen MR) is 144 cm³/mol. The minimum atomic E-state index is -0.0295. The molecular weight excluding hydrogens is 478 g/mol. The summed E-state index contributed by atoms with van der Waals surface area (Å²) in [6, 6.07) is 20.3. The molecular formula is C28H26ClN3O2S. The number of hydrazone groups is 1. The van der Waals surface area contributed by atoms with Crippen molar-refractivity contribution in [2.24, 2.45) is 5.10 Å². The van der Waals surface area contributed by atoms with E-state index in [1.807, 2.05) is 41.4 Å². The molecule has 178 valence electrons. The van der Waals surface area contributed by atoms with E-state index in [1.54, 1.807) is 25.6 Å². The summed E-state index contributed by atoms with van der Waals surface area (Å²) in [5.74, 6) is 1.39. The number of nitrogens with zero attached hydrogens (tertiary/aromatic N) is 3. The van der Waals surface area contributed by atoms with Crippen molar-refractivity contribution >= 4 is 33.8 Å². The molecule has 5 nitrogen and oxygen atoms in total. The standard InChI is InChI=1S/C28H26ClN3O2S/c1-17-5-6-18(2)22(13-17)24-16-35-28(30-24)32-25(20-9-12-26(33-3)27(14-20)34-4)15-23(31-32)19-7-10-21(29)11-8-19/h5-14,16,25H,15H2,1-4H3/t25-/m0/s1. The SMILES string of the molecule is COc1ccc([C@@H]2CC(c3ccc(Cl)cc3)=NN2c2nc(-c3cc(C)ccc3C)cs2)cc1OC. The van der Waals surface area contributed by atoms with Crippen LogP contribution in [0.15, 0.2) is 71.1 Å². The van der Waals surface area contributed by atoms with Gasteiger partial charge in [-0.3, -0.25) is 0 Å². The van der Waals surface area contributed by atoms with Crippen LogP contribution in [0.1, 0.15) is 34.7 Å². The van der Waals surface area contributed by atoms with E-state index in [0.29, 0.717) is 16.5 Å². The molecule has 1 aliphatic rings. The zero-order chi connectivity index (χ0) is 24.5. The highest BCUT2D eigenvalue weighted by Gasteiger charge is 2.32. The molecule has 2 heterocycles. The number of hydrogen-bond acceptors (Lipinski definition) is 6.